The number of sulfonamides is 1. The smallest absolute Gasteiger partial charge is 0.246 e. The van der Waals surface area contributed by atoms with E-state index in [0.29, 0.717) is 26.2 Å². The van der Waals surface area contributed by atoms with Crippen molar-refractivity contribution >= 4 is 21.8 Å². The number of nitrogens with zero attached hydrogens (tertiary/aromatic N) is 5. The van der Waals surface area contributed by atoms with Gasteiger partial charge in [0.2, 0.25) is 16.0 Å². The molecule has 0 unspecified atom stereocenters. The minimum atomic E-state index is -3.83. The van der Waals surface area contributed by atoms with Gasteiger partial charge in [-0.2, -0.15) is 9.29 Å². The molecule has 9 heteroatoms. The number of benzene rings is 1. The van der Waals surface area contributed by atoms with Crippen LogP contribution < -0.4 is 9.80 Å². The zero-order valence-corrected chi connectivity index (χ0v) is 15.8. The van der Waals surface area contributed by atoms with Crippen LogP contribution in [0.4, 0.5) is 16.2 Å². The molecule has 2 aliphatic heterocycles. The molecule has 7 nitrogen and oxygen atoms in total. The number of aromatic nitrogens is 2. The topological polar surface area (TPSA) is 69.6 Å². The van der Waals surface area contributed by atoms with E-state index in [1.165, 1.54) is 28.6 Å². The summed E-state index contributed by atoms with van der Waals surface area (Å²) in [6, 6.07) is 7.35. The van der Waals surface area contributed by atoms with Crippen LogP contribution in [-0.2, 0) is 10.0 Å². The average molecular weight is 391 g/mol. The summed E-state index contributed by atoms with van der Waals surface area (Å²) >= 11 is 0. The molecule has 0 amide bonds. The molecule has 0 saturated carbocycles. The van der Waals surface area contributed by atoms with Gasteiger partial charge in [-0.3, -0.25) is 0 Å². The van der Waals surface area contributed by atoms with Crippen LogP contribution in [0.5, 0.6) is 0 Å². The Morgan fingerprint density at radius 1 is 0.889 bits per heavy atom. The number of rotatable bonds is 4. The van der Waals surface area contributed by atoms with Crippen molar-refractivity contribution < 1.29 is 12.8 Å². The molecular formula is C18H22FN5O2S. The van der Waals surface area contributed by atoms with Crippen molar-refractivity contribution in [2.75, 3.05) is 49.1 Å². The fourth-order valence-electron chi connectivity index (χ4n) is 3.54. The fourth-order valence-corrected chi connectivity index (χ4v) is 5.02. The Labute approximate surface area is 158 Å². The Morgan fingerprint density at radius 2 is 1.59 bits per heavy atom. The SMILES string of the molecule is O=S(=O)(c1ccccc1F)N1CCN(c2ccnc(N3CCCC3)n2)CC1. The molecule has 0 radical (unpaired) electrons. The zero-order valence-electron chi connectivity index (χ0n) is 15.0. The van der Waals surface area contributed by atoms with Crippen LogP contribution in [0.1, 0.15) is 12.8 Å². The van der Waals surface area contributed by atoms with Crippen molar-refractivity contribution in [2.45, 2.75) is 17.7 Å². The van der Waals surface area contributed by atoms with Crippen LogP contribution in [-0.4, -0.2) is 62.0 Å². The lowest BCUT2D eigenvalue weighted by Crippen LogP contribution is -2.49. The molecule has 0 spiro atoms. The van der Waals surface area contributed by atoms with E-state index >= 15 is 0 Å². The van der Waals surface area contributed by atoms with Crippen molar-refractivity contribution in [2.24, 2.45) is 0 Å². The highest BCUT2D eigenvalue weighted by molar-refractivity contribution is 7.89. The van der Waals surface area contributed by atoms with Crippen LogP contribution >= 0.6 is 0 Å². The lowest BCUT2D eigenvalue weighted by molar-refractivity contribution is 0.381. The van der Waals surface area contributed by atoms with Gasteiger partial charge in [-0.05, 0) is 31.0 Å². The molecule has 4 rings (SSSR count). The van der Waals surface area contributed by atoms with Gasteiger partial charge in [-0.25, -0.2) is 17.8 Å². The molecule has 0 N–H and O–H groups in total. The molecule has 3 heterocycles. The molecule has 2 aliphatic rings. The highest BCUT2D eigenvalue weighted by atomic mass is 32.2. The first-order valence-corrected chi connectivity index (χ1v) is 10.6. The van der Waals surface area contributed by atoms with Gasteiger partial charge in [0.1, 0.15) is 16.5 Å². The maximum absolute atomic E-state index is 13.9. The summed E-state index contributed by atoms with van der Waals surface area (Å²) in [6.07, 6.45) is 4.05. The van der Waals surface area contributed by atoms with Crippen molar-refractivity contribution in [3.05, 3.63) is 42.3 Å². The Hall–Kier alpha value is -2.26. The van der Waals surface area contributed by atoms with E-state index in [-0.39, 0.29) is 4.90 Å². The van der Waals surface area contributed by atoms with E-state index in [1.54, 1.807) is 6.20 Å². The second-order valence-electron chi connectivity index (χ2n) is 6.73. The molecule has 144 valence electrons. The summed E-state index contributed by atoms with van der Waals surface area (Å²) in [4.78, 5) is 13.0. The van der Waals surface area contributed by atoms with Crippen LogP contribution in [0.3, 0.4) is 0 Å². The van der Waals surface area contributed by atoms with E-state index in [0.717, 1.165) is 37.7 Å². The van der Waals surface area contributed by atoms with Crippen molar-refractivity contribution in [1.82, 2.24) is 14.3 Å². The fraction of sp³-hybridized carbons (Fsp3) is 0.444. The molecule has 1 aromatic carbocycles. The predicted octanol–water partition coefficient (Wildman–Crippen LogP) is 1.73. The molecule has 27 heavy (non-hydrogen) atoms. The van der Waals surface area contributed by atoms with E-state index in [1.807, 2.05) is 6.07 Å². The summed E-state index contributed by atoms with van der Waals surface area (Å²) in [5.41, 5.74) is 0. The van der Waals surface area contributed by atoms with Gasteiger partial charge in [0.25, 0.3) is 0 Å². The van der Waals surface area contributed by atoms with Gasteiger partial charge in [-0.1, -0.05) is 12.1 Å². The van der Waals surface area contributed by atoms with Crippen molar-refractivity contribution in [3.8, 4) is 0 Å². The minimum Gasteiger partial charge on any atom is -0.354 e. The van der Waals surface area contributed by atoms with Gasteiger partial charge in [0.05, 0.1) is 0 Å². The summed E-state index contributed by atoms with van der Waals surface area (Å²) in [5.74, 6) is 0.812. The maximum atomic E-state index is 13.9. The molecule has 0 aliphatic carbocycles. The molecule has 2 aromatic rings. The second kappa shape index (κ2) is 7.40. The van der Waals surface area contributed by atoms with Gasteiger partial charge >= 0.3 is 0 Å². The first-order valence-electron chi connectivity index (χ1n) is 9.13. The third kappa shape index (κ3) is 3.61. The van der Waals surface area contributed by atoms with Crippen LogP contribution in [0.2, 0.25) is 0 Å². The van der Waals surface area contributed by atoms with Crippen molar-refractivity contribution in [3.63, 3.8) is 0 Å². The maximum Gasteiger partial charge on any atom is 0.246 e. The van der Waals surface area contributed by atoms with Gasteiger partial charge in [0.15, 0.2) is 0 Å². The monoisotopic (exact) mass is 391 g/mol. The zero-order chi connectivity index (χ0) is 18.9. The number of halogens is 1. The Balaban J connectivity index is 1.46. The Bertz CT molecular complexity index is 909. The van der Waals surface area contributed by atoms with Gasteiger partial charge in [0, 0.05) is 45.5 Å². The molecule has 1 aromatic heterocycles. The summed E-state index contributed by atoms with van der Waals surface area (Å²) in [5, 5.41) is 0. The number of hydrogen-bond donors (Lipinski definition) is 0. The minimum absolute atomic E-state index is 0.267. The lowest BCUT2D eigenvalue weighted by atomic mass is 10.3. The van der Waals surface area contributed by atoms with Crippen LogP contribution in [0, 0.1) is 5.82 Å². The quantitative estimate of drug-likeness (QED) is 0.791. The molecule has 2 saturated heterocycles. The van der Waals surface area contributed by atoms with Crippen LogP contribution in [0.25, 0.3) is 0 Å². The third-order valence-electron chi connectivity index (χ3n) is 5.03. The first-order chi connectivity index (χ1) is 13.1. The first kappa shape index (κ1) is 18.1. The van der Waals surface area contributed by atoms with E-state index in [9.17, 15) is 12.8 Å². The number of anilines is 2. The molecule has 2 fully saturated rings. The lowest BCUT2D eigenvalue weighted by Gasteiger charge is -2.34. The number of hydrogen-bond acceptors (Lipinski definition) is 6. The highest BCUT2D eigenvalue weighted by Gasteiger charge is 2.31. The largest absolute Gasteiger partial charge is 0.354 e. The standard InChI is InChI=1S/C18H22FN5O2S/c19-15-5-1-2-6-16(15)27(25,26)24-13-11-22(12-14-24)17-7-8-20-18(21-17)23-9-3-4-10-23/h1-2,5-8H,3-4,9-14H2. The van der Waals surface area contributed by atoms with E-state index < -0.39 is 15.8 Å². The Morgan fingerprint density at radius 3 is 2.30 bits per heavy atom. The predicted molar refractivity (Wildman–Crippen MR) is 101 cm³/mol. The number of piperazine rings is 1. The summed E-state index contributed by atoms with van der Waals surface area (Å²) < 4.78 is 40.7. The van der Waals surface area contributed by atoms with Crippen molar-refractivity contribution in [1.29, 1.82) is 0 Å². The highest BCUT2D eigenvalue weighted by Crippen LogP contribution is 2.23. The molecule has 0 atom stereocenters. The van der Waals surface area contributed by atoms with E-state index in [4.69, 9.17) is 0 Å². The van der Waals surface area contributed by atoms with Gasteiger partial charge in [-0.15, -0.1) is 0 Å². The Kier molecular flexibility index (Phi) is 4.96. The normalized spacial score (nSPS) is 18.9. The van der Waals surface area contributed by atoms with E-state index in [2.05, 4.69) is 19.8 Å². The summed E-state index contributed by atoms with van der Waals surface area (Å²) in [7, 11) is -3.83. The summed E-state index contributed by atoms with van der Waals surface area (Å²) in [6.45, 7) is 3.53. The van der Waals surface area contributed by atoms with Gasteiger partial charge < -0.3 is 9.80 Å². The second-order valence-corrected chi connectivity index (χ2v) is 8.64. The third-order valence-corrected chi connectivity index (χ3v) is 6.97. The molecular weight excluding hydrogens is 369 g/mol. The molecule has 0 bridgehead atoms. The average Bonchev–Trinajstić information content (AvgIpc) is 3.23. The van der Waals surface area contributed by atoms with Crippen LogP contribution in [0.15, 0.2) is 41.4 Å².